The molecule has 0 bridgehead atoms. The van der Waals surface area contributed by atoms with E-state index in [1.54, 1.807) is 0 Å². The lowest BCUT2D eigenvalue weighted by atomic mass is 10.3. The Labute approximate surface area is 129 Å². The van der Waals surface area contributed by atoms with Crippen molar-refractivity contribution in [1.29, 1.82) is 0 Å². The van der Waals surface area contributed by atoms with E-state index in [-0.39, 0.29) is 5.92 Å². The summed E-state index contributed by atoms with van der Waals surface area (Å²) in [6.07, 6.45) is 0.794. The van der Waals surface area contributed by atoms with E-state index < -0.39 is 4.33 Å². The minimum atomic E-state index is -0.589. The van der Waals surface area contributed by atoms with E-state index in [2.05, 4.69) is 47.8 Å². The molecule has 1 aliphatic rings. The molecule has 0 radical (unpaired) electrons. The molecule has 88 valence electrons. The Morgan fingerprint density at radius 3 is 2.19 bits per heavy atom. The molecule has 1 nitrogen and oxygen atoms in total. The Balaban J connectivity index is 2.05. The summed E-state index contributed by atoms with van der Waals surface area (Å²) in [5, 5.41) is 0. The fourth-order valence-corrected chi connectivity index (χ4v) is 4.29. The van der Waals surface area contributed by atoms with Gasteiger partial charge in [0.05, 0.1) is 15.6 Å². The molecular weight excluding hydrogens is 447 g/mol. The predicted octanol–water partition coefficient (Wildman–Crippen LogP) is 5.55. The van der Waals surface area contributed by atoms with Gasteiger partial charge in [0, 0.05) is 10.4 Å². The monoisotopic (exact) mass is 450 g/mol. The summed E-state index contributed by atoms with van der Waals surface area (Å²) >= 11 is 22.2. The van der Waals surface area contributed by atoms with Crippen molar-refractivity contribution < 1.29 is 4.74 Å². The van der Waals surface area contributed by atoms with Crippen LogP contribution < -0.4 is 4.74 Å². The van der Waals surface area contributed by atoms with Crippen LogP contribution in [0.5, 0.6) is 5.75 Å². The third-order valence-electron chi connectivity index (χ3n) is 2.35. The fourth-order valence-electron chi connectivity index (χ4n) is 1.30. The molecule has 2 rings (SSSR count). The van der Waals surface area contributed by atoms with Gasteiger partial charge in [0.25, 0.3) is 0 Å². The first-order chi connectivity index (χ1) is 7.40. The zero-order valence-corrected chi connectivity index (χ0v) is 14.2. The van der Waals surface area contributed by atoms with Crippen molar-refractivity contribution in [3.8, 4) is 5.75 Å². The van der Waals surface area contributed by atoms with E-state index in [4.69, 9.17) is 27.9 Å². The van der Waals surface area contributed by atoms with Gasteiger partial charge in [-0.15, -0.1) is 23.2 Å². The Morgan fingerprint density at radius 2 is 1.75 bits per heavy atom. The molecule has 1 fully saturated rings. The molecule has 1 aliphatic carbocycles. The highest BCUT2D eigenvalue weighted by Crippen LogP contribution is 2.53. The smallest absolute Gasteiger partial charge is 0.147 e. The van der Waals surface area contributed by atoms with E-state index in [0.29, 0.717) is 6.61 Å². The molecule has 16 heavy (non-hydrogen) atoms. The topological polar surface area (TPSA) is 9.23 Å². The standard InChI is InChI=1S/C10H7Br3Cl2O/c11-6-1-7(12)9(8(13)2-6)16-4-5-3-10(5,14)15/h1-2,5H,3-4H2. The van der Waals surface area contributed by atoms with E-state index >= 15 is 0 Å². The van der Waals surface area contributed by atoms with Gasteiger partial charge in [0.2, 0.25) is 0 Å². The van der Waals surface area contributed by atoms with Crippen molar-refractivity contribution in [2.24, 2.45) is 5.92 Å². The number of hydrogen-bond donors (Lipinski definition) is 0. The van der Waals surface area contributed by atoms with Crippen LogP contribution in [0.4, 0.5) is 0 Å². The second kappa shape index (κ2) is 4.96. The Kier molecular flexibility index (Phi) is 4.18. The lowest BCUT2D eigenvalue weighted by molar-refractivity contribution is 0.295. The molecular formula is C10H7Br3Cl2O. The van der Waals surface area contributed by atoms with E-state index in [0.717, 1.165) is 25.6 Å². The number of hydrogen-bond acceptors (Lipinski definition) is 1. The molecule has 0 saturated heterocycles. The van der Waals surface area contributed by atoms with Gasteiger partial charge in [-0.3, -0.25) is 0 Å². The van der Waals surface area contributed by atoms with Crippen LogP contribution >= 0.6 is 71.0 Å². The quantitative estimate of drug-likeness (QED) is 0.546. The van der Waals surface area contributed by atoms with Crippen LogP contribution in [0.15, 0.2) is 25.6 Å². The van der Waals surface area contributed by atoms with Gasteiger partial charge in [0.1, 0.15) is 10.1 Å². The van der Waals surface area contributed by atoms with E-state index in [1.807, 2.05) is 12.1 Å². The van der Waals surface area contributed by atoms with Crippen LogP contribution in [0.25, 0.3) is 0 Å². The number of benzene rings is 1. The van der Waals surface area contributed by atoms with E-state index in [1.165, 1.54) is 0 Å². The molecule has 0 N–H and O–H groups in total. The summed E-state index contributed by atoms with van der Waals surface area (Å²) < 4.78 is 7.88. The summed E-state index contributed by atoms with van der Waals surface area (Å²) in [4.78, 5) is 0. The van der Waals surface area contributed by atoms with Crippen LogP contribution in [0, 0.1) is 5.92 Å². The lowest BCUT2D eigenvalue weighted by Gasteiger charge is -2.10. The number of halogens is 5. The van der Waals surface area contributed by atoms with Crippen molar-refractivity contribution in [2.45, 2.75) is 10.8 Å². The van der Waals surface area contributed by atoms with Crippen molar-refractivity contribution in [1.82, 2.24) is 0 Å². The molecule has 0 spiro atoms. The second-order valence-electron chi connectivity index (χ2n) is 3.67. The van der Waals surface area contributed by atoms with Gasteiger partial charge in [-0.25, -0.2) is 0 Å². The van der Waals surface area contributed by atoms with Crippen molar-refractivity contribution in [2.75, 3.05) is 6.61 Å². The molecule has 1 atom stereocenters. The normalized spacial score (nSPS) is 21.9. The van der Waals surface area contributed by atoms with Gasteiger partial charge in [-0.2, -0.15) is 0 Å². The summed E-state index contributed by atoms with van der Waals surface area (Å²) in [5.74, 6) is 0.998. The largest absolute Gasteiger partial charge is 0.491 e. The summed E-state index contributed by atoms with van der Waals surface area (Å²) in [6, 6.07) is 3.86. The Morgan fingerprint density at radius 1 is 1.25 bits per heavy atom. The maximum Gasteiger partial charge on any atom is 0.147 e. The molecule has 0 aliphatic heterocycles. The highest BCUT2D eigenvalue weighted by atomic mass is 79.9. The average molecular weight is 454 g/mol. The number of ether oxygens (including phenoxy) is 1. The first-order valence-corrected chi connectivity index (χ1v) is 7.69. The number of rotatable bonds is 3. The first-order valence-electron chi connectivity index (χ1n) is 4.55. The summed E-state index contributed by atoms with van der Waals surface area (Å²) in [5.41, 5.74) is 0. The molecule has 1 saturated carbocycles. The van der Waals surface area contributed by atoms with E-state index in [9.17, 15) is 0 Å². The van der Waals surface area contributed by atoms with Crippen molar-refractivity contribution in [3.05, 3.63) is 25.6 Å². The molecule has 0 aromatic heterocycles. The van der Waals surface area contributed by atoms with Crippen LogP contribution in [-0.2, 0) is 0 Å². The molecule has 1 aromatic carbocycles. The van der Waals surface area contributed by atoms with Gasteiger partial charge < -0.3 is 4.74 Å². The van der Waals surface area contributed by atoms with Gasteiger partial charge >= 0.3 is 0 Å². The van der Waals surface area contributed by atoms with Crippen LogP contribution in [0.1, 0.15) is 6.42 Å². The highest BCUT2D eigenvalue weighted by molar-refractivity contribution is 9.11. The molecule has 0 amide bonds. The zero-order valence-electron chi connectivity index (χ0n) is 7.94. The third kappa shape index (κ3) is 3.08. The van der Waals surface area contributed by atoms with Crippen molar-refractivity contribution >= 4 is 71.0 Å². The minimum Gasteiger partial charge on any atom is -0.491 e. The van der Waals surface area contributed by atoms with Gasteiger partial charge in [-0.05, 0) is 50.4 Å². The first kappa shape index (κ1) is 13.5. The van der Waals surface area contributed by atoms with Gasteiger partial charge in [0.15, 0.2) is 0 Å². The lowest BCUT2D eigenvalue weighted by Crippen LogP contribution is -2.05. The van der Waals surface area contributed by atoms with Crippen LogP contribution in [0.2, 0.25) is 0 Å². The second-order valence-corrected chi connectivity index (χ2v) is 7.84. The predicted molar refractivity (Wildman–Crippen MR) is 77.6 cm³/mol. The molecule has 6 heteroatoms. The highest BCUT2D eigenvalue weighted by Gasteiger charge is 2.52. The van der Waals surface area contributed by atoms with Crippen LogP contribution in [0.3, 0.4) is 0 Å². The maximum absolute atomic E-state index is 5.93. The summed E-state index contributed by atoms with van der Waals surface area (Å²) in [6.45, 7) is 0.534. The maximum atomic E-state index is 5.93. The zero-order chi connectivity index (χ0) is 11.9. The minimum absolute atomic E-state index is 0.221. The average Bonchev–Trinajstić information content (AvgIpc) is 2.72. The molecule has 1 aromatic rings. The van der Waals surface area contributed by atoms with Gasteiger partial charge in [-0.1, -0.05) is 15.9 Å². The van der Waals surface area contributed by atoms with Crippen molar-refractivity contribution in [3.63, 3.8) is 0 Å². The Bertz CT molecular complexity index is 400. The van der Waals surface area contributed by atoms with Crippen LogP contribution in [-0.4, -0.2) is 10.9 Å². The number of alkyl halides is 2. The fraction of sp³-hybridized carbons (Fsp3) is 0.400. The third-order valence-corrected chi connectivity index (χ3v) is 4.91. The molecule has 0 heterocycles. The SMILES string of the molecule is ClC1(Cl)CC1COc1c(Br)cc(Br)cc1Br. The summed E-state index contributed by atoms with van der Waals surface area (Å²) in [7, 11) is 0. The molecule has 1 unspecified atom stereocenters. The Hall–Kier alpha value is 1.04.